The first-order valence-electron chi connectivity index (χ1n) is 14.8. The van der Waals surface area contributed by atoms with Gasteiger partial charge in [0.05, 0.1) is 38.0 Å². The normalized spacial score (nSPS) is 23.4. The van der Waals surface area contributed by atoms with Gasteiger partial charge in [-0.1, -0.05) is 24.5 Å². The van der Waals surface area contributed by atoms with E-state index in [-0.39, 0.29) is 5.56 Å². The van der Waals surface area contributed by atoms with Crippen molar-refractivity contribution in [2.45, 2.75) is 38.6 Å². The van der Waals surface area contributed by atoms with E-state index in [2.05, 4.69) is 0 Å². The molecule has 0 aliphatic heterocycles. The van der Waals surface area contributed by atoms with Gasteiger partial charge in [-0.3, -0.25) is 0 Å². The van der Waals surface area contributed by atoms with Crippen LogP contribution in [0.25, 0.3) is 0 Å². The Morgan fingerprint density at radius 2 is 2.12 bits per heavy atom. The van der Waals surface area contributed by atoms with Gasteiger partial charge in [-0.25, -0.2) is 0 Å². The monoisotopic (exact) mass is 359 g/mol. The molecule has 2 aromatic rings. The number of hydrogen-bond donors (Lipinski definition) is 1. The molecule has 0 fully saturated rings. The largest absolute Gasteiger partial charge is 0.493 e. The van der Waals surface area contributed by atoms with Crippen LogP contribution in [-0.4, -0.2) is 31.9 Å². The highest BCUT2D eigenvalue weighted by atomic mass is 16.5. The molecule has 1 atom stereocenters. The molecule has 0 spiro atoms. The van der Waals surface area contributed by atoms with Crippen LogP contribution in [0.4, 0.5) is 0 Å². The zero-order valence-electron chi connectivity index (χ0n) is 28.8. The third-order valence-corrected chi connectivity index (χ3v) is 2.94. The number of aliphatic hydroxyl groups is 1. The van der Waals surface area contributed by atoms with Gasteiger partial charge in [0.1, 0.15) is 12.3 Å². The molecule has 25 heavy (non-hydrogen) atoms. The molecule has 2 rings (SSSR count). The molecule has 1 unspecified atom stereocenters. The fraction of sp³-hybridized carbons (Fsp3) is 0.429. The van der Waals surface area contributed by atoms with Crippen molar-refractivity contribution >= 4 is 0 Å². The Bertz CT molecular complexity index is 1250. The smallest absolute Gasteiger partial charge is 0.160 e. The Balaban J connectivity index is 2.36. The summed E-state index contributed by atoms with van der Waals surface area (Å²) in [7, 11) is -1.98. The van der Waals surface area contributed by atoms with Crippen LogP contribution < -0.4 is 14.2 Å². The van der Waals surface area contributed by atoms with E-state index in [1.807, 2.05) is 0 Å². The summed E-state index contributed by atoms with van der Waals surface area (Å²) in [4.78, 5) is 0. The standard InChI is InChI=1S/C21H28O4/c1-16-7-6-10-19(13-16)25-15-18(22)9-5-4-8-17-11-12-20(23-2)21(14-17)24-3/h6-7,10-14,18,22H,4-5,8-9,15H2,1-3H3/i3D3,4D2,6D,7D,10D,11D,12D,13D,14D,15D2,18D. The van der Waals surface area contributed by atoms with E-state index >= 15 is 0 Å². The molecule has 0 saturated carbocycles. The highest BCUT2D eigenvalue weighted by Gasteiger charge is 2.07. The van der Waals surface area contributed by atoms with Crippen molar-refractivity contribution < 1.29 is 39.9 Å². The summed E-state index contributed by atoms with van der Waals surface area (Å²) >= 11 is 0. The van der Waals surface area contributed by atoms with Crippen molar-refractivity contribution in [3.63, 3.8) is 0 Å². The first kappa shape index (κ1) is 7.20. The van der Waals surface area contributed by atoms with Gasteiger partial charge in [0.25, 0.3) is 0 Å². The quantitative estimate of drug-likeness (QED) is 0.692. The number of benzene rings is 2. The van der Waals surface area contributed by atoms with Gasteiger partial charge in [-0.15, -0.1) is 0 Å². The van der Waals surface area contributed by atoms with E-state index in [1.165, 1.54) is 6.92 Å². The highest BCUT2D eigenvalue weighted by Crippen LogP contribution is 2.28. The lowest BCUT2D eigenvalue weighted by Gasteiger charge is -2.13. The van der Waals surface area contributed by atoms with Crippen molar-refractivity contribution in [2.75, 3.05) is 20.7 Å². The first-order valence-corrected chi connectivity index (χ1v) is 7.32. The van der Waals surface area contributed by atoms with Crippen molar-refractivity contribution in [2.24, 2.45) is 0 Å². The van der Waals surface area contributed by atoms with Crippen LogP contribution in [0.15, 0.2) is 42.3 Å². The number of methoxy groups -OCH3 is 2. The molecular weight excluding hydrogens is 316 g/mol. The van der Waals surface area contributed by atoms with Gasteiger partial charge in [0.15, 0.2) is 11.5 Å². The summed E-state index contributed by atoms with van der Waals surface area (Å²) < 4.78 is 134. The number of rotatable bonds is 10. The molecule has 0 heterocycles. The summed E-state index contributed by atoms with van der Waals surface area (Å²) in [5, 5.41) is 10.6. The van der Waals surface area contributed by atoms with Gasteiger partial charge in [-0.05, 0) is 61.4 Å². The minimum atomic E-state index is -3.33. The Morgan fingerprint density at radius 1 is 1.24 bits per heavy atom. The van der Waals surface area contributed by atoms with Crippen LogP contribution in [-0.2, 0) is 6.42 Å². The van der Waals surface area contributed by atoms with E-state index < -0.39 is 110 Å². The highest BCUT2D eigenvalue weighted by molar-refractivity contribution is 5.42. The molecule has 0 bridgehead atoms. The Hall–Kier alpha value is -2.20. The second-order valence-electron chi connectivity index (χ2n) is 4.85. The molecule has 136 valence electrons. The minimum absolute atomic E-state index is 0.0934. The van der Waals surface area contributed by atoms with Crippen LogP contribution >= 0.6 is 0 Å². The predicted octanol–water partition coefficient (Wildman–Crippen LogP) is 4.16. The summed E-state index contributed by atoms with van der Waals surface area (Å²) in [5.74, 6) is -1.98. The van der Waals surface area contributed by atoms with Crippen molar-refractivity contribution in [1.82, 2.24) is 0 Å². The molecular formula is C21H28O4. The lowest BCUT2D eigenvalue weighted by atomic mass is 10.0. The van der Waals surface area contributed by atoms with Crippen molar-refractivity contribution in [3.05, 3.63) is 53.4 Å². The molecule has 1 N–H and O–H groups in total. The van der Waals surface area contributed by atoms with Gasteiger partial charge in [0.2, 0.25) is 0 Å². The molecule has 0 amide bonds. The Morgan fingerprint density at radius 3 is 2.92 bits per heavy atom. The fourth-order valence-electron chi connectivity index (χ4n) is 1.76. The Kier molecular flexibility index (Phi) is 2.86. The minimum Gasteiger partial charge on any atom is -0.493 e. The molecule has 0 saturated heterocycles. The average Bonchev–Trinajstić information content (AvgIpc) is 2.83. The van der Waals surface area contributed by atoms with Gasteiger partial charge in [0, 0.05) is 2.74 Å². The SMILES string of the molecule is [2H]c1c([2H])c(C)c([2H])c(OC([2H])([2H])C([2H])(O)CCC([2H])([2H])Cc2c([2H])c([2H])c(OC)c(OC([2H])([2H])[2H])c2[2H])c1[2H]. The van der Waals surface area contributed by atoms with Crippen LogP contribution in [0.1, 0.15) is 50.9 Å². The van der Waals surface area contributed by atoms with Crippen molar-refractivity contribution in [1.29, 1.82) is 0 Å². The van der Waals surface area contributed by atoms with E-state index in [0.29, 0.717) is 0 Å². The lowest BCUT2D eigenvalue weighted by molar-refractivity contribution is 0.0976. The van der Waals surface area contributed by atoms with Gasteiger partial charge >= 0.3 is 0 Å². The summed E-state index contributed by atoms with van der Waals surface area (Å²) in [6.45, 7) is -2.05. The van der Waals surface area contributed by atoms with E-state index in [0.717, 1.165) is 7.11 Å². The molecule has 4 nitrogen and oxygen atoms in total. The summed E-state index contributed by atoms with van der Waals surface area (Å²) in [6.07, 6.45) is -8.07. The van der Waals surface area contributed by atoms with Crippen molar-refractivity contribution in [3.8, 4) is 17.2 Å². The van der Waals surface area contributed by atoms with Crippen LogP contribution in [0.3, 0.4) is 0 Å². The second kappa shape index (κ2) is 9.94. The van der Waals surface area contributed by atoms with Crippen LogP contribution in [0.5, 0.6) is 17.2 Å². The fourth-order valence-corrected chi connectivity index (χ4v) is 1.76. The maximum atomic E-state index is 10.6. The Labute approximate surface area is 171 Å². The number of ether oxygens (including phenoxy) is 3. The summed E-state index contributed by atoms with van der Waals surface area (Å²) in [5.41, 5.74) is -0.515. The molecule has 0 aliphatic carbocycles. The maximum absolute atomic E-state index is 10.6. The lowest BCUT2D eigenvalue weighted by Crippen LogP contribution is -2.17. The van der Waals surface area contributed by atoms with E-state index in [1.54, 1.807) is 0 Å². The second-order valence-corrected chi connectivity index (χ2v) is 4.85. The maximum Gasteiger partial charge on any atom is 0.160 e. The van der Waals surface area contributed by atoms with Crippen LogP contribution in [0, 0.1) is 6.92 Å². The first-order chi connectivity index (χ1) is 18.0. The van der Waals surface area contributed by atoms with Crippen LogP contribution in [0.2, 0.25) is 0 Å². The topological polar surface area (TPSA) is 47.9 Å². The van der Waals surface area contributed by atoms with Gasteiger partial charge in [-0.2, -0.15) is 0 Å². The molecule has 2 aromatic carbocycles. The zero-order valence-corrected chi connectivity index (χ0v) is 13.8. The third-order valence-electron chi connectivity index (χ3n) is 2.94. The predicted molar refractivity (Wildman–Crippen MR) is 99.8 cm³/mol. The zero-order chi connectivity index (χ0) is 31.2. The number of hydrogen-bond acceptors (Lipinski definition) is 4. The molecule has 4 heteroatoms. The van der Waals surface area contributed by atoms with Gasteiger partial charge < -0.3 is 19.3 Å². The third kappa shape index (κ3) is 6.31. The van der Waals surface area contributed by atoms with E-state index in [4.69, 9.17) is 34.8 Å². The molecule has 0 radical (unpaired) electrons. The molecule has 0 aromatic heterocycles. The average molecular weight is 360 g/mol. The van der Waals surface area contributed by atoms with E-state index in [9.17, 15) is 5.11 Å². The molecule has 0 aliphatic rings. The summed E-state index contributed by atoms with van der Waals surface area (Å²) in [6, 6.07) is -4.52.